The minimum Gasteiger partial charge on any atom is -0.461 e. The van der Waals surface area contributed by atoms with Crippen LogP contribution in [0.1, 0.15) is 5.56 Å². The summed E-state index contributed by atoms with van der Waals surface area (Å²) in [6.07, 6.45) is 1.56. The topological polar surface area (TPSA) is 84.1 Å². The summed E-state index contributed by atoms with van der Waals surface area (Å²) in [5, 5.41) is 20.5. The smallest absolute Gasteiger partial charge is 0.219 e. The van der Waals surface area contributed by atoms with Crippen molar-refractivity contribution in [1.29, 1.82) is 0 Å². The van der Waals surface area contributed by atoms with Crippen molar-refractivity contribution < 1.29 is 9.52 Å². The van der Waals surface area contributed by atoms with E-state index < -0.39 is 0 Å². The molecule has 2 aromatic heterocycles. The van der Waals surface area contributed by atoms with Gasteiger partial charge in [0.15, 0.2) is 11.6 Å². The van der Waals surface area contributed by atoms with Crippen LogP contribution in [0, 0.1) is 6.92 Å². The van der Waals surface area contributed by atoms with Crippen LogP contribution >= 0.6 is 0 Å². The van der Waals surface area contributed by atoms with Crippen molar-refractivity contribution in [3.8, 4) is 22.8 Å². The Morgan fingerprint density at radius 3 is 2.64 bits per heavy atom. The van der Waals surface area contributed by atoms with Gasteiger partial charge < -0.3 is 14.8 Å². The molecule has 0 aliphatic rings. The van der Waals surface area contributed by atoms with E-state index in [1.165, 1.54) is 5.56 Å². The van der Waals surface area contributed by atoms with E-state index in [0.717, 1.165) is 5.56 Å². The predicted molar refractivity (Wildman–Crippen MR) is 83.3 cm³/mol. The monoisotopic (exact) mass is 296 g/mol. The Kier molecular flexibility index (Phi) is 4.11. The molecule has 0 fully saturated rings. The Morgan fingerprint density at radius 2 is 1.95 bits per heavy atom. The van der Waals surface area contributed by atoms with Crippen molar-refractivity contribution in [1.82, 2.24) is 15.2 Å². The molecule has 0 saturated carbocycles. The largest absolute Gasteiger partial charge is 0.461 e. The third-order valence-electron chi connectivity index (χ3n) is 3.16. The van der Waals surface area contributed by atoms with Gasteiger partial charge in [0.25, 0.3) is 0 Å². The molecule has 3 rings (SSSR count). The molecule has 0 amide bonds. The predicted octanol–water partition coefficient (Wildman–Crippen LogP) is 2.51. The third kappa shape index (κ3) is 2.96. The summed E-state index contributed by atoms with van der Waals surface area (Å²) in [7, 11) is 0. The van der Waals surface area contributed by atoms with Gasteiger partial charge >= 0.3 is 0 Å². The quantitative estimate of drug-likeness (QED) is 0.752. The molecule has 2 heterocycles. The van der Waals surface area contributed by atoms with Gasteiger partial charge in [-0.15, -0.1) is 10.2 Å². The zero-order valence-corrected chi connectivity index (χ0v) is 12.2. The fourth-order valence-corrected chi connectivity index (χ4v) is 2.04. The van der Waals surface area contributed by atoms with Crippen molar-refractivity contribution >= 4 is 5.82 Å². The van der Waals surface area contributed by atoms with Crippen LogP contribution < -0.4 is 5.32 Å². The SMILES string of the molecule is Cc1ccc(-c2nnc(-c3ccco3)nc2NCCO)cc1. The van der Waals surface area contributed by atoms with Crippen molar-refractivity contribution in [3.63, 3.8) is 0 Å². The van der Waals surface area contributed by atoms with Gasteiger partial charge in [0.05, 0.1) is 12.9 Å². The number of aromatic nitrogens is 3. The van der Waals surface area contributed by atoms with E-state index in [9.17, 15) is 0 Å². The summed E-state index contributed by atoms with van der Waals surface area (Å²) in [4.78, 5) is 4.46. The van der Waals surface area contributed by atoms with Crippen LogP contribution in [0.3, 0.4) is 0 Å². The van der Waals surface area contributed by atoms with Crippen LogP contribution in [0.2, 0.25) is 0 Å². The first kappa shape index (κ1) is 14.2. The number of furan rings is 1. The first-order valence-corrected chi connectivity index (χ1v) is 6.98. The Bertz CT molecular complexity index is 739. The number of anilines is 1. The van der Waals surface area contributed by atoms with E-state index in [2.05, 4.69) is 20.5 Å². The molecule has 0 saturated heterocycles. The van der Waals surface area contributed by atoms with Crippen molar-refractivity contribution in [2.45, 2.75) is 6.92 Å². The minimum atomic E-state index is 0.00737. The second-order valence-corrected chi connectivity index (χ2v) is 4.83. The van der Waals surface area contributed by atoms with Crippen LogP contribution in [0.5, 0.6) is 0 Å². The molecule has 1 aromatic carbocycles. The molecule has 0 aliphatic heterocycles. The summed E-state index contributed by atoms with van der Waals surface area (Å²) in [5.74, 6) is 1.52. The summed E-state index contributed by atoms with van der Waals surface area (Å²) >= 11 is 0. The Morgan fingerprint density at radius 1 is 1.14 bits per heavy atom. The molecule has 0 unspecified atom stereocenters. The number of nitrogens with one attached hydrogen (secondary N) is 1. The number of benzene rings is 1. The Balaban J connectivity index is 2.03. The molecule has 6 heteroatoms. The average molecular weight is 296 g/mol. The number of nitrogens with zero attached hydrogens (tertiary/aromatic N) is 3. The van der Waals surface area contributed by atoms with Crippen LogP contribution in [-0.4, -0.2) is 33.4 Å². The van der Waals surface area contributed by atoms with Crippen molar-refractivity contribution in [2.75, 3.05) is 18.5 Å². The van der Waals surface area contributed by atoms with E-state index in [0.29, 0.717) is 29.6 Å². The number of aryl methyl sites for hydroxylation is 1. The lowest BCUT2D eigenvalue weighted by atomic mass is 10.1. The molecule has 6 nitrogen and oxygen atoms in total. The van der Waals surface area contributed by atoms with Gasteiger partial charge in [-0.2, -0.15) is 0 Å². The molecule has 0 bridgehead atoms. The second-order valence-electron chi connectivity index (χ2n) is 4.83. The van der Waals surface area contributed by atoms with E-state index in [4.69, 9.17) is 9.52 Å². The average Bonchev–Trinajstić information content (AvgIpc) is 3.08. The van der Waals surface area contributed by atoms with E-state index in [1.54, 1.807) is 18.4 Å². The summed E-state index contributed by atoms with van der Waals surface area (Å²) in [6, 6.07) is 11.5. The Hall–Kier alpha value is -2.73. The second kappa shape index (κ2) is 6.36. The van der Waals surface area contributed by atoms with Gasteiger partial charge in [-0.05, 0) is 19.1 Å². The first-order chi connectivity index (χ1) is 10.8. The molecule has 112 valence electrons. The van der Waals surface area contributed by atoms with E-state index >= 15 is 0 Å². The van der Waals surface area contributed by atoms with Gasteiger partial charge in [-0.25, -0.2) is 4.98 Å². The van der Waals surface area contributed by atoms with Gasteiger partial charge in [0.2, 0.25) is 5.82 Å². The molecule has 2 N–H and O–H groups in total. The first-order valence-electron chi connectivity index (χ1n) is 6.98. The minimum absolute atomic E-state index is 0.00737. The third-order valence-corrected chi connectivity index (χ3v) is 3.16. The molecular weight excluding hydrogens is 280 g/mol. The zero-order valence-electron chi connectivity index (χ0n) is 12.2. The highest BCUT2D eigenvalue weighted by molar-refractivity contribution is 5.72. The molecule has 0 aliphatic carbocycles. The van der Waals surface area contributed by atoms with Crippen LogP contribution in [0.15, 0.2) is 47.1 Å². The van der Waals surface area contributed by atoms with Gasteiger partial charge in [-0.3, -0.25) is 0 Å². The molecule has 3 aromatic rings. The van der Waals surface area contributed by atoms with Crippen LogP contribution in [-0.2, 0) is 0 Å². The lowest BCUT2D eigenvalue weighted by molar-refractivity contribution is 0.311. The summed E-state index contributed by atoms with van der Waals surface area (Å²) < 4.78 is 5.30. The summed E-state index contributed by atoms with van der Waals surface area (Å²) in [6.45, 7) is 2.42. The van der Waals surface area contributed by atoms with E-state index in [-0.39, 0.29) is 6.61 Å². The van der Waals surface area contributed by atoms with Crippen LogP contribution in [0.4, 0.5) is 5.82 Å². The maximum Gasteiger partial charge on any atom is 0.219 e. The lowest BCUT2D eigenvalue weighted by Crippen LogP contribution is -2.10. The standard InChI is InChI=1S/C16H16N4O2/c1-11-4-6-12(7-5-11)14-16(17-8-9-21)18-15(20-19-14)13-3-2-10-22-13/h2-7,10,21H,8-9H2,1H3,(H,17,18,20). The van der Waals surface area contributed by atoms with Crippen LogP contribution in [0.25, 0.3) is 22.8 Å². The van der Waals surface area contributed by atoms with Gasteiger partial charge in [-0.1, -0.05) is 29.8 Å². The number of hydrogen-bond donors (Lipinski definition) is 2. The van der Waals surface area contributed by atoms with Gasteiger partial charge in [0.1, 0.15) is 5.69 Å². The molecule has 0 atom stereocenters. The maximum atomic E-state index is 9.03. The van der Waals surface area contributed by atoms with Crippen molar-refractivity contribution in [2.24, 2.45) is 0 Å². The normalized spacial score (nSPS) is 10.6. The maximum absolute atomic E-state index is 9.03. The number of hydrogen-bond acceptors (Lipinski definition) is 6. The number of rotatable bonds is 5. The highest BCUT2D eigenvalue weighted by Gasteiger charge is 2.13. The lowest BCUT2D eigenvalue weighted by Gasteiger charge is -2.10. The summed E-state index contributed by atoms with van der Waals surface area (Å²) in [5.41, 5.74) is 2.72. The highest BCUT2D eigenvalue weighted by Crippen LogP contribution is 2.26. The number of aliphatic hydroxyl groups excluding tert-OH is 1. The fraction of sp³-hybridized carbons (Fsp3) is 0.188. The molecule has 0 radical (unpaired) electrons. The number of aliphatic hydroxyl groups is 1. The molecular formula is C16H16N4O2. The Labute approximate surface area is 127 Å². The van der Waals surface area contributed by atoms with Gasteiger partial charge in [0, 0.05) is 12.1 Å². The van der Waals surface area contributed by atoms with Crippen molar-refractivity contribution in [3.05, 3.63) is 48.2 Å². The highest BCUT2D eigenvalue weighted by atomic mass is 16.3. The molecule has 22 heavy (non-hydrogen) atoms. The molecule has 0 spiro atoms. The zero-order chi connectivity index (χ0) is 15.4. The van der Waals surface area contributed by atoms with E-state index in [1.807, 2.05) is 31.2 Å². The fourth-order valence-electron chi connectivity index (χ4n) is 2.04.